The van der Waals surface area contributed by atoms with Crippen LogP contribution < -0.4 is 14.8 Å². The van der Waals surface area contributed by atoms with E-state index in [1.807, 2.05) is 0 Å². The van der Waals surface area contributed by atoms with Crippen molar-refractivity contribution in [3.8, 4) is 11.5 Å². The van der Waals surface area contributed by atoms with Crippen LogP contribution in [-0.4, -0.2) is 13.0 Å². The molecule has 0 unspecified atom stereocenters. The van der Waals surface area contributed by atoms with Crippen molar-refractivity contribution in [2.24, 2.45) is 0 Å². The van der Waals surface area contributed by atoms with E-state index in [1.54, 1.807) is 42.8 Å². The van der Waals surface area contributed by atoms with Crippen molar-refractivity contribution in [1.82, 2.24) is 0 Å². The average Bonchev–Trinajstić information content (AvgIpc) is 3.12. The Kier molecular flexibility index (Phi) is 5.48. The molecule has 0 bridgehead atoms. The van der Waals surface area contributed by atoms with Crippen LogP contribution in [0.4, 0.5) is 14.5 Å². The van der Waals surface area contributed by atoms with Crippen LogP contribution in [0.3, 0.4) is 0 Å². The zero-order valence-electron chi connectivity index (χ0n) is 13.8. The van der Waals surface area contributed by atoms with E-state index in [2.05, 4.69) is 5.32 Å². The van der Waals surface area contributed by atoms with E-state index < -0.39 is 17.5 Å². The van der Waals surface area contributed by atoms with Gasteiger partial charge in [-0.1, -0.05) is 0 Å². The minimum absolute atomic E-state index is 0.0687. The van der Waals surface area contributed by atoms with Gasteiger partial charge in [-0.15, -0.1) is 11.3 Å². The minimum Gasteiger partial charge on any atom is -0.497 e. The van der Waals surface area contributed by atoms with Crippen molar-refractivity contribution < 1.29 is 23.0 Å². The number of thiophene rings is 1. The van der Waals surface area contributed by atoms with Gasteiger partial charge in [-0.2, -0.15) is 0 Å². The number of amides is 1. The molecule has 0 saturated carbocycles. The van der Waals surface area contributed by atoms with Gasteiger partial charge < -0.3 is 14.8 Å². The predicted octanol–water partition coefficient (Wildman–Crippen LogP) is 4.87. The first-order chi connectivity index (χ1) is 12.5. The summed E-state index contributed by atoms with van der Waals surface area (Å²) in [6.07, 6.45) is 0. The number of anilines is 1. The lowest BCUT2D eigenvalue weighted by Gasteiger charge is -2.06. The van der Waals surface area contributed by atoms with E-state index in [0.29, 0.717) is 17.2 Å². The molecule has 2 aromatic carbocycles. The summed E-state index contributed by atoms with van der Waals surface area (Å²) in [4.78, 5) is 12.6. The van der Waals surface area contributed by atoms with Gasteiger partial charge in [-0.25, -0.2) is 8.78 Å². The van der Waals surface area contributed by atoms with Gasteiger partial charge >= 0.3 is 0 Å². The topological polar surface area (TPSA) is 47.6 Å². The van der Waals surface area contributed by atoms with E-state index in [4.69, 9.17) is 9.47 Å². The quantitative estimate of drug-likeness (QED) is 0.669. The van der Waals surface area contributed by atoms with E-state index in [9.17, 15) is 13.6 Å². The Bertz CT molecular complexity index is 909. The van der Waals surface area contributed by atoms with Crippen LogP contribution in [0.5, 0.6) is 11.5 Å². The first-order valence-corrected chi connectivity index (χ1v) is 8.54. The van der Waals surface area contributed by atoms with E-state index in [0.717, 1.165) is 23.4 Å². The normalized spacial score (nSPS) is 10.4. The zero-order chi connectivity index (χ0) is 18.5. The van der Waals surface area contributed by atoms with Crippen molar-refractivity contribution >= 4 is 22.9 Å². The van der Waals surface area contributed by atoms with Crippen LogP contribution in [0.25, 0.3) is 0 Å². The van der Waals surface area contributed by atoms with Gasteiger partial charge in [-0.05, 0) is 47.8 Å². The third-order valence-electron chi connectivity index (χ3n) is 3.52. The molecule has 0 spiro atoms. The zero-order valence-corrected chi connectivity index (χ0v) is 14.6. The fraction of sp³-hybridized carbons (Fsp3) is 0.105. The molecule has 7 heteroatoms. The largest absolute Gasteiger partial charge is 0.497 e. The van der Waals surface area contributed by atoms with Crippen molar-refractivity contribution in [2.45, 2.75) is 6.61 Å². The summed E-state index contributed by atoms with van der Waals surface area (Å²) in [6, 6.07) is 11.8. The molecule has 0 aliphatic rings. The number of ether oxygens (including phenoxy) is 2. The lowest BCUT2D eigenvalue weighted by molar-refractivity contribution is 0.103. The minimum atomic E-state index is -0.821. The maximum atomic E-state index is 13.6. The molecule has 134 valence electrons. The Balaban J connectivity index is 1.60. The molecule has 0 radical (unpaired) electrons. The fourth-order valence-corrected chi connectivity index (χ4v) is 2.98. The summed E-state index contributed by atoms with van der Waals surface area (Å²) in [5.41, 5.74) is 0.747. The summed E-state index contributed by atoms with van der Waals surface area (Å²) < 4.78 is 37.3. The Labute approximate surface area is 153 Å². The van der Waals surface area contributed by atoms with Crippen LogP contribution in [-0.2, 0) is 6.61 Å². The highest BCUT2D eigenvalue weighted by Gasteiger charge is 2.12. The molecular weight excluding hydrogens is 360 g/mol. The van der Waals surface area contributed by atoms with Crippen LogP contribution in [0.15, 0.2) is 53.9 Å². The fourth-order valence-electron chi connectivity index (χ4n) is 2.18. The van der Waals surface area contributed by atoms with Crippen LogP contribution in [0, 0.1) is 11.6 Å². The van der Waals surface area contributed by atoms with Crippen molar-refractivity contribution in [2.75, 3.05) is 12.4 Å². The van der Waals surface area contributed by atoms with Gasteiger partial charge in [0.1, 0.15) is 29.7 Å². The number of methoxy groups -OCH3 is 1. The van der Waals surface area contributed by atoms with Gasteiger partial charge in [0.15, 0.2) is 0 Å². The molecule has 0 fully saturated rings. The number of hydrogen-bond acceptors (Lipinski definition) is 4. The van der Waals surface area contributed by atoms with Crippen LogP contribution in [0.1, 0.15) is 15.2 Å². The molecule has 1 heterocycles. The van der Waals surface area contributed by atoms with E-state index in [-0.39, 0.29) is 5.69 Å². The number of carbonyl (C=O) groups excluding carboxylic acids is 1. The number of nitrogens with one attached hydrogen (secondary N) is 1. The van der Waals surface area contributed by atoms with Crippen molar-refractivity contribution in [3.63, 3.8) is 0 Å². The molecule has 26 heavy (non-hydrogen) atoms. The van der Waals surface area contributed by atoms with Crippen LogP contribution >= 0.6 is 11.3 Å². The van der Waals surface area contributed by atoms with Crippen molar-refractivity contribution in [1.29, 1.82) is 0 Å². The lowest BCUT2D eigenvalue weighted by Crippen LogP contribution is -2.11. The van der Waals surface area contributed by atoms with Gasteiger partial charge in [0.2, 0.25) is 0 Å². The molecule has 3 rings (SSSR count). The Morgan fingerprint density at radius 1 is 1.08 bits per heavy atom. The molecule has 3 aromatic rings. The molecule has 0 saturated heterocycles. The van der Waals surface area contributed by atoms with Crippen LogP contribution in [0.2, 0.25) is 0 Å². The molecule has 1 N–H and O–H groups in total. The summed E-state index contributed by atoms with van der Waals surface area (Å²) in [5, 5.41) is 4.22. The molecule has 1 aromatic heterocycles. The molecule has 4 nitrogen and oxygen atoms in total. The average molecular weight is 375 g/mol. The molecular formula is C19H15F2NO3S. The van der Waals surface area contributed by atoms with Gasteiger partial charge in [-0.3, -0.25) is 4.79 Å². The molecule has 0 aliphatic carbocycles. The van der Waals surface area contributed by atoms with E-state index >= 15 is 0 Å². The second-order valence-electron chi connectivity index (χ2n) is 5.36. The summed E-state index contributed by atoms with van der Waals surface area (Å²) in [7, 11) is 1.59. The molecule has 0 aliphatic heterocycles. The van der Waals surface area contributed by atoms with Gasteiger partial charge in [0.25, 0.3) is 5.91 Å². The van der Waals surface area contributed by atoms with Gasteiger partial charge in [0, 0.05) is 11.6 Å². The highest BCUT2D eigenvalue weighted by Crippen LogP contribution is 2.22. The Morgan fingerprint density at radius 3 is 2.50 bits per heavy atom. The lowest BCUT2D eigenvalue weighted by atomic mass is 10.2. The first-order valence-electron chi connectivity index (χ1n) is 7.66. The number of benzene rings is 2. The second kappa shape index (κ2) is 7.97. The number of carbonyl (C=O) groups is 1. The summed E-state index contributed by atoms with van der Waals surface area (Å²) >= 11 is 1.22. The number of rotatable bonds is 6. The molecule has 1 amide bonds. The number of halogens is 2. The third kappa shape index (κ3) is 4.37. The highest BCUT2D eigenvalue weighted by atomic mass is 32.1. The predicted molar refractivity (Wildman–Crippen MR) is 96.0 cm³/mol. The maximum absolute atomic E-state index is 13.6. The highest BCUT2D eigenvalue weighted by molar-refractivity contribution is 7.12. The standard InChI is InChI=1S/C19H15F2NO3S/c1-24-14-3-5-15(6-4-14)25-10-12-8-18(26-11-12)19(23)22-17-7-2-13(20)9-16(17)21/h2-9,11H,10H2,1H3,(H,22,23). The Hall–Kier alpha value is -2.93. The Morgan fingerprint density at radius 2 is 1.81 bits per heavy atom. The summed E-state index contributed by atoms with van der Waals surface area (Å²) in [6.45, 7) is 0.293. The summed E-state index contributed by atoms with van der Waals surface area (Å²) in [5.74, 6) is -0.569. The SMILES string of the molecule is COc1ccc(OCc2csc(C(=O)Nc3ccc(F)cc3F)c2)cc1. The maximum Gasteiger partial charge on any atom is 0.265 e. The van der Waals surface area contributed by atoms with Gasteiger partial charge in [0.05, 0.1) is 17.7 Å². The van der Waals surface area contributed by atoms with E-state index in [1.165, 1.54) is 17.4 Å². The second-order valence-corrected chi connectivity index (χ2v) is 6.27. The first kappa shape index (κ1) is 17.9. The monoisotopic (exact) mass is 375 g/mol. The third-order valence-corrected chi connectivity index (χ3v) is 4.50. The smallest absolute Gasteiger partial charge is 0.265 e. The number of hydrogen-bond donors (Lipinski definition) is 1. The van der Waals surface area contributed by atoms with Crippen molar-refractivity contribution in [3.05, 3.63) is 76.0 Å². The molecule has 0 atom stereocenters.